The Kier molecular flexibility index (Phi) is 4.12. The zero-order valence-electron chi connectivity index (χ0n) is 14.9. The third-order valence-corrected chi connectivity index (χ3v) is 5.39. The van der Waals surface area contributed by atoms with Crippen LogP contribution in [0.5, 0.6) is 0 Å². The van der Waals surface area contributed by atoms with Crippen molar-refractivity contribution in [1.29, 1.82) is 0 Å². The lowest BCUT2D eigenvalue weighted by molar-refractivity contribution is 0.0639. The Morgan fingerprint density at radius 1 is 1.32 bits per heavy atom. The molecule has 4 rings (SSSR count). The van der Waals surface area contributed by atoms with E-state index in [-0.39, 0.29) is 5.91 Å². The number of fused-ring (bicyclic) bond motifs is 1. The molecule has 5 nitrogen and oxygen atoms in total. The molecular formula is C20H25N3O2. The predicted octanol–water partition coefficient (Wildman–Crippen LogP) is 2.51. The summed E-state index contributed by atoms with van der Waals surface area (Å²) in [6.07, 6.45) is 4.65. The molecule has 5 heteroatoms. The molecular weight excluding hydrogens is 314 g/mol. The van der Waals surface area contributed by atoms with Crippen LogP contribution in [-0.4, -0.2) is 45.4 Å². The summed E-state index contributed by atoms with van der Waals surface area (Å²) < 4.78 is 1.93. The van der Waals surface area contributed by atoms with Crippen molar-refractivity contribution < 1.29 is 9.90 Å². The number of likely N-dealkylation sites (N-methyl/N-ethyl adjacent to an activating group) is 1. The van der Waals surface area contributed by atoms with Crippen molar-refractivity contribution >= 4 is 5.91 Å². The van der Waals surface area contributed by atoms with Crippen molar-refractivity contribution in [3.05, 3.63) is 46.8 Å². The average molecular weight is 339 g/mol. The number of hydrogen-bond acceptors (Lipinski definition) is 3. The van der Waals surface area contributed by atoms with Crippen molar-refractivity contribution in [2.45, 2.75) is 45.1 Å². The van der Waals surface area contributed by atoms with E-state index in [0.717, 1.165) is 49.0 Å². The van der Waals surface area contributed by atoms with Gasteiger partial charge in [0.1, 0.15) is 0 Å². The highest BCUT2D eigenvalue weighted by Gasteiger charge is 2.33. The zero-order valence-corrected chi connectivity index (χ0v) is 14.9. The van der Waals surface area contributed by atoms with Gasteiger partial charge >= 0.3 is 0 Å². The van der Waals surface area contributed by atoms with Crippen molar-refractivity contribution in [1.82, 2.24) is 14.7 Å². The summed E-state index contributed by atoms with van der Waals surface area (Å²) in [6.45, 7) is 2.45. The van der Waals surface area contributed by atoms with E-state index in [0.29, 0.717) is 18.2 Å². The maximum Gasteiger partial charge on any atom is 0.274 e. The molecule has 132 valence electrons. The quantitative estimate of drug-likeness (QED) is 0.911. The van der Waals surface area contributed by atoms with E-state index < -0.39 is 6.10 Å². The van der Waals surface area contributed by atoms with E-state index in [1.807, 2.05) is 4.68 Å². The molecule has 0 saturated heterocycles. The summed E-state index contributed by atoms with van der Waals surface area (Å²) in [4.78, 5) is 14.5. The lowest BCUT2D eigenvalue weighted by atomic mass is 10.1. The van der Waals surface area contributed by atoms with Crippen molar-refractivity contribution in [2.24, 2.45) is 5.92 Å². The third-order valence-electron chi connectivity index (χ3n) is 5.39. The molecule has 0 bridgehead atoms. The fourth-order valence-electron chi connectivity index (χ4n) is 3.68. The molecule has 2 aliphatic carbocycles. The molecule has 1 unspecified atom stereocenters. The van der Waals surface area contributed by atoms with Crippen LogP contribution in [0.1, 0.15) is 46.6 Å². The maximum atomic E-state index is 12.9. The Labute approximate surface area is 148 Å². The minimum absolute atomic E-state index is 0.0799. The van der Waals surface area contributed by atoms with Crippen molar-refractivity contribution in [3.63, 3.8) is 0 Å². The molecule has 0 aliphatic heterocycles. The smallest absolute Gasteiger partial charge is 0.274 e. The number of aryl methyl sites for hydroxylation is 1. The van der Waals surface area contributed by atoms with E-state index >= 15 is 0 Å². The fourth-order valence-corrected chi connectivity index (χ4v) is 3.68. The van der Waals surface area contributed by atoms with Gasteiger partial charge in [-0.05, 0) is 57.1 Å². The number of carbonyl (C=O) groups excluding carboxylic acids is 1. The van der Waals surface area contributed by atoms with Gasteiger partial charge in [0.25, 0.3) is 5.91 Å². The molecule has 1 aromatic carbocycles. The number of nitrogens with zero attached hydrogens (tertiary/aromatic N) is 3. The molecule has 1 fully saturated rings. The SMILES string of the molecule is Cc1ccc(-n2nc(C(=O)N(C)CC(O)C3CC3)c3c2CCC3)cc1. The number of aliphatic hydroxyl groups excluding tert-OH is 1. The van der Waals surface area contributed by atoms with Crippen LogP contribution in [0, 0.1) is 12.8 Å². The van der Waals surface area contributed by atoms with Crippen LogP contribution in [0.2, 0.25) is 0 Å². The molecule has 1 amide bonds. The maximum absolute atomic E-state index is 12.9. The zero-order chi connectivity index (χ0) is 17.6. The highest BCUT2D eigenvalue weighted by molar-refractivity contribution is 5.94. The number of rotatable bonds is 5. The Morgan fingerprint density at radius 3 is 2.72 bits per heavy atom. The Hall–Kier alpha value is -2.14. The van der Waals surface area contributed by atoms with Crippen LogP contribution in [0.25, 0.3) is 5.69 Å². The van der Waals surface area contributed by atoms with Gasteiger partial charge in [-0.1, -0.05) is 17.7 Å². The summed E-state index contributed by atoms with van der Waals surface area (Å²) in [5.41, 5.74) is 5.00. The molecule has 1 N–H and O–H groups in total. The number of aliphatic hydroxyl groups is 1. The lowest BCUT2D eigenvalue weighted by Gasteiger charge is -2.20. The topological polar surface area (TPSA) is 58.4 Å². The van der Waals surface area contributed by atoms with Crippen LogP contribution < -0.4 is 0 Å². The summed E-state index contributed by atoms with van der Waals surface area (Å²) in [5, 5.41) is 14.8. The van der Waals surface area contributed by atoms with Gasteiger partial charge in [0.05, 0.1) is 11.8 Å². The van der Waals surface area contributed by atoms with Crippen molar-refractivity contribution in [3.8, 4) is 5.69 Å². The average Bonchev–Trinajstić information content (AvgIpc) is 3.24. The van der Waals surface area contributed by atoms with E-state index in [1.54, 1.807) is 11.9 Å². The van der Waals surface area contributed by atoms with Crippen LogP contribution >= 0.6 is 0 Å². The first-order chi connectivity index (χ1) is 12.0. The van der Waals surface area contributed by atoms with Gasteiger partial charge in [-0.3, -0.25) is 4.79 Å². The number of benzene rings is 1. The highest BCUT2D eigenvalue weighted by atomic mass is 16.3. The van der Waals surface area contributed by atoms with Crippen molar-refractivity contribution in [2.75, 3.05) is 13.6 Å². The summed E-state index contributed by atoms with van der Waals surface area (Å²) in [5.74, 6) is 0.287. The Morgan fingerprint density at radius 2 is 2.04 bits per heavy atom. The standard InChI is InChI=1S/C20H25N3O2/c1-13-6-10-15(11-7-13)23-17-5-3-4-16(17)19(21-23)20(25)22(2)12-18(24)14-8-9-14/h6-7,10-11,14,18,24H,3-5,8-9,12H2,1-2H3. The molecule has 25 heavy (non-hydrogen) atoms. The Bertz CT molecular complexity index is 790. The van der Waals surface area contributed by atoms with Gasteiger partial charge < -0.3 is 10.0 Å². The second kappa shape index (κ2) is 6.30. The largest absolute Gasteiger partial charge is 0.391 e. The molecule has 1 heterocycles. The molecule has 0 spiro atoms. The minimum atomic E-state index is -0.416. The third kappa shape index (κ3) is 3.09. The second-order valence-corrected chi connectivity index (χ2v) is 7.47. The highest BCUT2D eigenvalue weighted by Crippen LogP contribution is 2.33. The summed E-state index contributed by atoms with van der Waals surface area (Å²) >= 11 is 0. The van der Waals surface area contributed by atoms with Gasteiger partial charge in [-0.25, -0.2) is 4.68 Å². The Balaban J connectivity index is 1.62. The molecule has 0 radical (unpaired) electrons. The van der Waals surface area contributed by atoms with Gasteiger partial charge in [0.15, 0.2) is 5.69 Å². The number of carbonyl (C=O) groups is 1. The summed E-state index contributed by atoms with van der Waals surface area (Å²) in [7, 11) is 1.76. The molecule has 1 atom stereocenters. The number of hydrogen-bond donors (Lipinski definition) is 1. The van der Waals surface area contributed by atoms with E-state index in [2.05, 4.69) is 36.3 Å². The molecule has 2 aliphatic rings. The number of aromatic nitrogens is 2. The van der Waals surface area contributed by atoms with Crippen LogP contribution in [0.15, 0.2) is 24.3 Å². The monoisotopic (exact) mass is 339 g/mol. The van der Waals surface area contributed by atoms with E-state index in [9.17, 15) is 9.90 Å². The normalized spacial score (nSPS) is 17.4. The fraction of sp³-hybridized carbons (Fsp3) is 0.500. The molecule has 2 aromatic rings. The second-order valence-electron chi connectivity index (χ2n) is 7.47. The van der Waals surface area contributed by atoms with E-state index in [4.69, 9.17) is 0 Å². The first kappa shape index (κ1) is 16.3. The first-order valence-electron chi connectivity index (χ1n) is 9.16. The van der Waals surface area contributed by atoms with Crippen LogP contribution in [-0.2, 0) is 12.8 Å². The van der Waals surface area contributed by atoms with Crippen LogP contribution in [0.4, 0.5) is 0 Å². The molecule has 1 saturated carbocycles. The summed E-state index contributed by atoms with van der Waals surface area (Å²) in [6, 6.07) is 8.24. The van der Waals surface area contributed by atoms with Gasteiger partial charge in [0, 0.05) is 24.8 Å². The van der Waals surface area contributed by atoms with Gasteiger partial charge in [0.2, 0.25) is 0 Å². The van der Waals surface area contributed by atoms with Gasteiger partial charge in [-0.2, -0.15) is 5.10 Å². The van der Waals surface area contributed by atoms with E-state index in [1.165, 1.54) is 5.56 Å². The first-order valence-corrected chi connectivity index (χ1v) is 9.16. The van der Waals surface area contributed by atoms with Gasteiger partial charge in [-0.15, -0.1) is 0 Å². The number of amides is 1. The predicted molar refractivity (Wildman–Crippen MR) is 96.0 cm³/mol. The minimum Gasteiger partial charge on any atom is -0.391 e. The lowest BCUT2D eigenvalue weighted by Crippen LogP contribution is -2.35. The molecule has 1 aromatic heterocycles. The van der Waals surface area contributed by atoms with Crippen LogP contribution in [0.3, 0.4) is 0 Å².